The molecule has 2 amide bonds. The van der Waals surface area contributed by atoms with Crippen molar-refractivity contribution >= 4 is 23.2 Å². The number of thiazole rings is 1. The highest BCUT2D eigenvalue weighted by atomic mass is 32.1. The molecule has 3 rings (SSSR count). The Hall–Kier alpha value is -2.29. The first-order chi connectivity index (χ1) is 15.8. The number of nitrogens with one attached hydrogen (secondary N) is 2. The van der Waals surface area contributed by atoms with Crippen LogP contribution in [0.25, 0.3) is 10.4 Å². The molecule has 7 nitrogen and oxygen atoms in total. The third kappa shape index (κ3) is 6.43. The van der Waals surface area contributed by atoms with Gasteiger partial charge in [-0.05, 0) is 44.2 Å². The lowest BCUT2D eigenvalue weighted by Crippen LogP contribution is -2.60. The number of carbonyl (C=O) groups is 2. The van der Waals surface area contributed by atoms with Gasteiger partial charge in [0.05, 0.1) is 28.2 Å². The van der Waals surface area contributed by atoms with Gasteiger partial charge in [0, 0.05) is 25.0 Å². The molecule has 3 N–H and O–H groups in total. The van der Waals surface area contributed by atoms with Gasteiger partial charge in [-0.25, -0.2) is 4.98 Å². The number of aliphatic hydroxyl groups excluding tert-OH is 1. The molecule has 2 heterocycles. The quantitative estimate of drug-likeness (QED) is 0.581. The average Bonchev–Trinajstić information content (AvgIpc) is 3.34. The summed E-state index contributed by atoms with van der Waals surface area (Å²) in [7, 11) is 0. The van der Waals surface area contributed by atoms with E-state index in [0.29, 0.717) is 6.54 Å². The monoisotopic (exact) mass is 486 g/mol. The maximum atomic E-state index is 13.6. The number of aromatic nitrogens is 1. The van der Waals surface area contributed by atoms with Crippen LogP contribution in [0, 0.1) is 12.3 Å². The van der Waals surface area contributed by atoms with Crippen LogP contribution in [0.3, 0.4) is 0 Å². The van der Waals surface area contributed by atoms with Crippen molar-refractivity contribution in [2.75, 3.05) is 6.54 Å². The summed E-state index contributed by atoms with van der Waals surface area (Å²) in [5, 5.41) is 16.7. The van der Waals surface area contributed by atoms with E-state index >= 15 is 0 Å². The van der Waals surface area contributed by atoms with Crippen LogP contribution in [0.2, 0.25) is 0 Å². The Morgan fingerprint density at radius 2 is 1.82 bits per heavy atom. The fraction of sp³-hybridized carbons (Fsp3) is 0.577. The van der Waals surface area contributed by atoms with Gasteiger partial charge in [0.15, 0.2) is 0 Å². The van der Waals surface area contributed by atoms with Crippen LogP contribution in [-0.4, -0.2) is 57.1 Å². The number of aryl methyl sites for hydroxylation is 1. The molecule has 186 valence electrons. The molecular formula is C26H38N4O3S. The molecule has 3 atom stereocenters. The minimum Gasteiger partial charge on any atom is -0.391 e. The van der Waals surface area contributed by atoms with E-state index in [0.717, 1.165) is 21.7 Å². The number of likely N-dealkylation sites (tertiary alicyclic amines) is 1. The third-order valence-corrected chi connectivity index (χ3v) is 6.96. The standard InChI is InChI=1S/C26H38N4O3S/c1-16-21(34-15-28-16)18-10-8-17(9-11-18)13-27-23(32)20-12-19(31)14-30(20)24(33)22(25(2,3)4)29-26(5,6)7/h8-11,15,19-20,22,29,31H,12-14H2,1-7H3,(H,27,32)/t19-,20?,22-/m1/s1. The number of aliphatic hydroxyl groups is 1. The molecule has 1 fully saturated rings. The summed E-state index contributed by atoms with van der Waals surface area (Å²) in [4.78, 5) is 33.6. The van der Waals surface area contributed by atoms with E-state index in [1.807, 2.05) is 78.2 Å². The van der Waals surface area contributed by atoms with E-state index in [1.54, 1.807) is 16.2 Å². The van der Waals surface area contributed by atoms with Gasteiger partial charge in [0.25, 0.3) is 0 Å². The number of β-amino-alcohol motifs (C(OH)–C–C–N with tert-alkyl or cyclic N) is 1. The van der Waals surface area contributed by atoms with Crippen LogP contribution in [0.15, 0.2) is 29.8 Å². The van der Waals surface area contributed by atoms with Crippen molar-refractivity contribution in [3.05, 3.63) is 41.0 Å². The minimum absolute atomic E-state index is 0.150. The minimum atomic E-state index is -0.711. The van der Waals surface area contributed by atoms with Gasteiger partial charge in [-0.2, -0.15) is 0 Å². The van der Waals surface area contributed by atoms with Gasteiger partial charge in [-0.3, -0.25) is 9.59 Å². The second kappa shape index (κ2) is 10.1. The van der Waals surface area contributed by atoms with Crippen LogP contribution in [0.5, 0.6) is 0 Å². The second-order valence-corrected chi connectivity index (χ2v) is 12.1. The molecule has 2 aromatic rings. The Bertz CT molecular complexity index is 1000. The van der Waals surface area contributed by atoms with Crippen LogP contribution in [0.4, 0.5) is 0 Å². The van der Waals surface area contributed by atoms with Crippen LogP contribution in [-0.2, 0) is 16.1 Å². The Morgan fingerprint density at radius 1 is 1.18 bits per heavy atom. The van der Waals surface area contributed by atoms with Crippen molar-refractivity contribution in [3.63, 3.8) is 0 Å². The highest BCUT2D eigenvalue weighted by molar-refractivity contribution is 7.13. The predicted molar refractivity (Wildman–Crippen MR) is 136 cm³/mol. The van der Waals surface area contributed by atoms with Gasteiger partial charge in [0.1, 0.15) is 6.04 Å². The fourth-order valence-corrected chi connectivity index (χ4v) is 5.02. The molecule has 1 aliphatic heterocycles. The highest BCUT2D eigenvalue weighted by Gasteiger charge is 2.44. The first kappa shape index (κ1) is 26.3. The van der Waals surface area contributed by atoms with Gasteiger partial charge >= 0.3 is 0 Å². The lowest BCUT2D eigenvalue weighted by Gasteiger charge is -2.39. The summed E-state index contributed by atoms with van der Waals surface area (Å²) < 4.78 is 0. The molecule has 1 unspecified atom stereocenters. The molecule has 1 aromatic heterocycles. The van der Waals surface area contributed by atoms with Gasteiger partial charge < -0.3 is 20.6 Å². The number of hydrogen-bond donors (Lipinski definition) is 3. The largest absolute Gasteiger partial charge is 0.391 e. The lowest BCUT2D eigenvalue weighted by atomic mass is 9.84. The second-order valence-electron chi connectivity index (χ2n) is 11.3. The normalized spacial score (nSPS) is 19.8. The smallest absolute Gasteiger partial charge is 0.243 e. The summed E-state index contributed by atoms with van der Waals surface area (Å²) in [6, 6.07) is 6.88. The lowest BCUT2D eigenvalue weighted by molar-refractivity contribution is -0.142. The van der Waals surface area contributed by atoms with Crippen LogP contribution in [0.1, 0.15) is 59.2 Å². The molecule has 0 radical (unpaired) electrons. The van der Waals surface area contributed by atoms with Gasteiger partial charge in [-0.1, -0.05) is 45.0 Å². The maximum absolute atomic E-state index is 13.6. The Balaban J connectivity index is 1.68. The summed E-state index contributed by atoms with van der Waals surface area (Å²) in [6.07, 6.45) is -0.468. The SMILES string of the molecule is Cc1ncsc1-c1ccc(CNC(=O)C2C[C@@H](O)CN2C(=O)[C@@H](NC(C)(C)C)C(C)(C)C)cc1. The average molecular weight is 487 g/mol. The Labute approximate surface area is 207 Å². The topological polar surface area (TPSA) is 94.6 Å². The van der Waals surface area contributed by atoms with Crippen molar-refractivity contribution < 1.29 is 14.7 Å². The molecule has 34 heavy (non-hydrogen) atoms. The number of benzene rings is 1. The fourth-order valence-electron chi connectivity index (χ4n) is 4.21. The van der Waals surface area contributed by atoms with Crippen molar-refractivity contribution in [2.24, 2.45) is 5.41 Å². The van der Waals surface area contributed by atoms with Crippen molar-refractivity contribution in [3.8, 4) is 10.4 Å². The van der Waals surface area contributed by atoms with E-state index in [9.17, 15) is 14.7 Å². The summed E-state index contributed by atoms with van der Waals surface area (Å²) >= 11 is 1.61. The van der Waals surface area contributed by atoms with Crippen LogP contribution < -0.4 is 10.6 Å². The van der Waals surface area contributed by atoms with E-state index in [4.69, 9.17) is 0 Å². The number of amides is 2. The number of nitrogens with zero attached hydrogens (tertiary/aromatic N) is 2. The van der Waals surface area contributed by atoms with E-state index in [2.05, 4.69) is 15.6 Å². The zero-order valence-corrected chi connectivity index (χ0v) is 22.1. The summed E-state index contributed by atoms with van der Waals surface area (Å²) in [5.74, 6) is -0.390. The third-order valence-electron chi connectivity index (χ3n) is 5.98. The maximum Gasteiger partial charge on any atom is 0.243 e. The molecule has 1 saturated heterocycles. The zero-order chi connectivity index (χ0) is 25.3. The number of carbonyl (C=O) groups excluding carboxylic acids is 2. The molecule has 0 saturated carbocycles. The first-order valence-electron chi connectivity index (χ1n) is 11.8. The molecule has 0 aliphatic carbocycles. The highest BCUT2D eigenvalue weighted by Crippen LogP contribution is 2.29. The van der Waals surface area contributed by atoms with Crippen molar-refractivity contribution in [1.29, 1.82) is 0 Å². The van der Waals surface area contributed by atoms with E-state index in [-0.39, 0.29) is 35.7 Å². The zero-order valence-electron chi connectivity index (χ0n) is 21.3. The first-order valence-corrected chi connectivity index (χ1v) is 12.7. The predicted octanol–water partition coefficient (Wildman–Crippen LogP) is 3.50. The molecular weight excluding hydrogens is 448 g/mol. The number of hydrogen-bond acceptors (Lipinski definition) is 6. The summed E-state index contributed by atoms with van der Waals surface area (Å²) in [6.45, 7) is 14.6. The molecule has 1 aliphatic rings. The molecule has 0 spiro atoms. The summed E-state index contributed by atoms with van der Waals surface area (Å²) in [5.41, 5.74) is 4.29. The van der Waals surface area contributed by atoms with Crippen molar-refractivity contribution in [1.82, 2.24) is 20.5 Å². The Kier molecular flexibility index (Phi) is 7.85. The van der Waals surface area contributed by atoms with Gasteiger partial charge in [-0.15, -0.1) is 11.3 Å². The molecule has 8 heteroatoms. The Morgan fingerprint density at radius 3 is 2.35 bits per heavy atom. The van der Waals surface area contributed by atoms with Crippen molar-refractivity contribution in [2.45, 2.75) is 85.2 Å². The molecule has 1 aromatic carbocycles. The van der Waals surface area contributed by atoms with E-state index < -0.39 is 18.2 Å². The van der Waals surface area contributed by atoms with Gasteiger partial charge in [0.2, 0.25) is 11.8 Å². The van der Waals surface area contributed by atoms with Crippen LogP contribution >= 0.6 is 11.3 Å². The number of rotatable bonds is 6. The van der Waals surface area contributed by atoms with E-state index in [1.165, 1.54) is 0 Å². The molecule has 0 bridgehead atoms.